The van der Waals surface area contributed by atoms with Gasteiger partial charge >= 0.3 is 12.1 Å². The molecule has 8 nitrogen and oxygen atoms in total. The molecule has 1 aliphatic heterocycles. The lowest BCUT2D eigenvalue weighted by molar-refractivity contribution is -0.454. The van der Waals surface area contributed by atoms with Crippen LogP contribution in [0.25, 0.3) is 0 Å². The topological polar surface area (TPSA) is 118 Å². The average molecular weight is 219 g/mol. The molecule has 1 heterocycles. The number of carbonyl (C=O) groups excluding carboxylic acids is 1. The number of ether oxygens (including phenoxy) is 1. The van der Waals surface area contributed by atoms with Crippen molar-refractivity contribution in [2.24, 2.45) is 16.6 Å². The summed E-state index contributed by atoms with van der Waals surface area (Å²) in [4.78, 5) is 19.4. The maximum atomic E-state index is 11.2. The second-order valence-electron chi connectivity index (χ2n) is 2.90. The van der Waals surface area contributed by atoms with Crippen molar-refractivity contribution in [1.82, 2.24) is 0 Å². The number of hydrogen-bond acceptors (Lipinski definition) is 8. The van der Waals surface area contributed by atoms with Crippen LogP contribution in [0.15, 0.2) is 5.16 Å². The van der Waals surface area contributed by atoms with Crippen molar-refractivity contribution in [2.45, 2.75) is 25.3 Å². The summed E-state index contributed by atoms with van der Waals surface area (Å²) in [6, 6.07) is -0.733. The quantitative estimate of drug-likeness (QED) is 0.351. The van der Waals surface area contributed by atoms with Crippen molar-refractivity contribution in [3.05, 3.63) is 0 Å². The predicted molar refractivity (Wildman–Crippen MR) is 47.7 cm³/mol. The number of nitrogens with zero attached hydrogens (tertiary/aromatic N) is 1. The van der Waals surface area contributed by atoms with Crippen molar-refractivity contribution in [1.29, 1.82) is 0 Å². The van der Waals surface area contributed by atoms with E-state index in [9.17, 15) is 4.79 Å². The van der Waals surface area contributed by atoms with E-state index < -0.39 is 18.1 Å². The van der Waals surface area contributed by atoms with Gasteiger partial charge in [0.2, 0.25) is 0 Å². The Hall–Kier alpha value is -1.38. The molecule has 0 aliphatic carbocycles. The predicted octanol–water partition coefficient (Wildman–Crippen LogP) is -0.850. The van der Waals surface area contributed by atoms with E-state index in [0.717, 1.165) is 12.8 Å². The summed E-state index contributed by atoms with van der Waals surface area (Å²) in [7, 11) is 0. The van der Waals surface area contributed by atoms with Crippen molar-refractivity contribution >= 4 is 12.1 Å². The number of nitrogens with two attached hydrogens (primary N) is 2. The Morgan fingerprint density at radius 3 is 2.93 bits per heavy atom. The molecule has 0 aromatic carbocycles. The standard InChI is InChI=1S/C7H13N3O5/c8-4-2-1-3-5(9)6(11)12-7-10-14-15-13-7/h5H,1-4,8-9H2/t5-/m0/s1. The van der Waals surface area contributed by atoms with Crippen LogP contribution < -0.4 is 11.5 Å². The summed E-state index contributed by atoms with van der Waals surface area (Å²) < 4.78 is 4.59. The molecule has 1 atom stereocenters. The molecule has 0 aromatic rings. The van der Waals surface area contributed by atoms with Gasteiger partial charge in [0.25, 0.3) is 0 Å². The minimum absolute atomic E-state index is 0.408. The van der Waals surface area contributed by atoms with E-state index in [1.54, 1.807) is 0 Å². The SMILES string of the molecule is NCCCC[C@H](N)C(=O)OC1=NOOO1. The highest BCUT2D eigenvalue weighted by Crippen LogP contribution is 2.04. The zero-order valence-electron chi connectivity index (χ0n) is 8.05. The smallest absolute Gasteiger partial charge is 0.372 e. The Labute approximate surface area is 85.9 Å². The van der Waals surface area contributed by atoms with Gasteiger partial charge in [-0.2, -0.15) is 4.99 Å². The van der Waals surface area contributed by atoms with Crippen LogP contribution in [0.2, 0.25) is 0 Å². The van der Waals surface area contributed by atoms with Crippen LogP contribution in [-0.2, 0) is 24.4 Å². The fourth-order valence-corrected chi connectivity index (χ4v) is 0.929. The summed E-state index contributed by atoms with van der Waals surface area (Å²) >= 11 is 0. The van der Waals surface area contributed by atoms with E-state index in [-0.39, 0.29) is 0 Å². The Kier molecular flexibility index (Phi) is 4.81. The van der Waals surface area contributed by atoms with Gasteiger partial charge in [0.1, 0.15) is 6.04 Å². The summed E-state index contributed by atoms with van der Waals surface area (Å²) in [5.41, 5.74) is 10.8. The molecule has 0 aromatic heterocycles. The van der Waals surface area contributed by atoms with Gasteiger partial charge in [0.15, 0.2) is 0 Å². The van der Waals surface area contributed by atoms with Crippen LogP contribution in [0.4, 0.5) is 0 Å². The molecule has 0 saturated heterocycles. The van der Waals surface area contributed by atoms with Gasteiger partial charge in [-0.05, 0) is 19.4 Å². The lowest BCUT2D eigenvalue weighted by Gasteiger charge is -2.08. The second kappa shape index (κ2) is 6.17. The van der Waals surface area contributed by atoms with Gasteiger partial charge in [0.05, 0.1) is 5.04 Å². The van der Waals surface area contributed by atoms with E-state index in [0.29, 0.717) is 13.0 Å². The molecule has 0 spiro atoms. The van der Waals surface area contributed by atoms with Gasteiger partial charge in [-0.25, -0.2) is 9.68 Å². The van der Waals surface area contributed by atoms with Crippen molar-refractivity contribution in [3.63, 3.8) is 0 Å². The summed E-state index contributed by atoms with van der Waals surface area (Å²) in [5.74, 6) is -0.653. The maximum absolute atomic E-state index is 11.2. The molecule has 86 valence electrons. The minimum atomic E-state index is -0.733. The number of hydrogen-bond donors (Lipinski definition) is 2. The third-order valence-electron chi connectivity index (χ3n) is 1.71. The van der Waals surface area contributed by atoms with Crippen molar-refractivity contribution < 1.29 is 24.4 Å². The Balaban J connectivity index is 2.20. The molecule has 0 amide bonds. The number of unbranched alkanes of at least 4 members (excludes halogenated alkanes) is 1. The monoisotopic (exact) mass is 219 g/mol. The molecule has 15 heavy (non-hydrogen) atoms. The zero-order chi connectivity index (χ0) is 11.1. The molecule has 1 rings (SSSR count). The van der Waals surface area contributed by atoms with E-state index in [1.807, 2.05) is 0 Å². The second-order valence-corrected chi connectivity index (χ2v) is 2.90. The van der Waals surface area contributed by atoms with E-state index in [1.165, 1.54) is 0 Å². The maximum Gasteiger partial charge on any atom is 0.469 e. The lowest BCUT2D eigenvalue weighted by Crippen LogP contribution is -2.33. The van der Waals surface area contributed by atoms with E-state index >= 15 is 0 Å². The Morgan fingerprint density at radius 2 is 2.33 bits per heavy atom. The molecule has 0 unspecified atom stereocenters. The first-order valence-electron chi connectivity index (χ1n) is 4.49. The third-order valence-corrected chi connectivity index (χ3v) is 1.71. The number of esters is 1. The average Bonchev–Trinajstić information content (AvgIpc) is 2.70. The Bertz CT molecular complexity index is 245. The molecule has 1 aliphatic rings. The highest BCUT2D eigenvalue weighted by atomic mass is 17.6. The summed E-state index contributed by atoms with van der Waals surface area (Å²) in [6.45, 7) is 0.569. The zero-order valence-corrected chi connectivity index (χ0v) is 8.05. The number of rotatable bonds is 5. The summed E-state index contributed by atoms with van der Waals surface area (Å²) in [5, 5.41) is 7.01. The van der Waals surface area contributed by atoms with Crippen LogP contribution in [0, 0.1) is 0 Å². The first kappa shape index (κ1) is 11.7. The molecule has 0 bridgehead atoms. The first-order valence-corrected chi connectivity index (χ1v) is 4.49. The summed E-state index contributed by atoms with van der Waals surface area (Å²) in [6.07, 6.45) is 1.65. The van der Waals surface area contributed by atoms with Crippen LogP contribution in [-0.4, -0.2) is 24.6 Å². The fourth-order valence-electron chi connectivity index (χ4n) is 0.929. The third kappa shape index (κ3) is 4.11. The molecule has 0 fully saturated rings. The van der Waals surface area contributed by atoms with Gasteiger partial charge in [-0.1, -0.05) is 6.42 Å². The largest absolute Gasteiger partial charge is 0.469 e. The van der Waals surface area contributed by atoms with Gasteiger partial charge in [-0.3, -0.25) is 0 Å². The van der Waals surface area contributed by atoms with Crippen molar-refractivity contribution in [3.8, 4) is 0 Å². The Morgan fingerprint density at radius 1 is 1.53 bits per heavy atom. The highest BCUT2D eigenvalue weighted by molar-refractivity contribution is 5.87. The molecular formula is C7H13N3O5. The highest BCUT2D eigenvalue weighted by Gasteiger charge is 2.22. The van der Waals surface area contributed by atoms with Crippen LogP contribution in [0.3, 0.4) is 0 Å². The van der Waals surface area contributed by atoms with E-state index in [2.05, 4.69) is 24.8 Å². The molecule has 0 radical (unpaired) electrons. The molecule has 8 heteroatoms. The molecule has 0 saturated carbocycles. The molecule has 4 N–H and O–H groups in total. The number of oxime groups is 1. The number of carbonyl (C=O) groups is 1. The van der Waals surface area contributed by atoms with Crippen LogP contribution in [0.5, 0.6) is 0 Å². The normalized spacial score (nSPS) is 16.3. The first-order chi connectivity index (χ1) is 7.24. The van der Waals surface area contributed by atoms with Gasteiger partial charge < -0.3 is 16.2 Å². The minimum Gasteiger partial charge on any atom is -0.372 e. The van der Waals surface area contributed by atoms with Crippen LogP contribution in [0.1, 0.15) is 19.3 Å². The van der Waals surface area contributed by atoms with Gasteiger partial charge in [0, 0.05) is 5.16 Å². The van der Waals surface area contributed by atoms with Crippen molar-refractivity contribution in [2.75, 3.05) is 6.54 Å². The lowest BCUT2D eigenvalue weighted by atomic mass is 10.1. The van der Waals surface area contributed by atoms with E-state index in [4.69, 9.17) is 11.5 Å². The molecular weight excluding hydrogens is 206 g/mol. The fraction of sp³-hybridized carbons (Fsp3) is 0.714. The van der Waals surface area contributed by atoms with Gasteiger partial charge in [-0.15, -0.1) is 0 Å². The van der Waals surface area contributed by atoms with Crippen LogP contribution >= 0.6 is 0 Å².